The predicted octanol–water partition coefficient (Wildman–Crippen LogP) is 2.82. The second kappa shape index (κ2) is 5.71. The summed E-state index contributed by atoms with van der Waals surface area (Å²) in [7, 11) is 0. The molecule has 106 valence electrons. The Morgan fingerprint density at radius 1 is 1.25 bits per heavy atom. The fraction of sp³-hybridized carbons (Fsp3) is 0.533. The zero-order valence-corrected chi connectivity index (χ0v) is 11.7. The van der Waals surface area contributed by atoms with Crippen molar-refractivity contribution in [3.05, 3.63) is 29.8 Å². The summed E-state index contributed by atoms with van der Waals surface area (Å²) in [6, 6.07) is 4.02. The van der Waals surface area contributed by atoms with Crippen LogP contribution in [0.2, 0.25) is 0 Å². The van der Waals surface area contributed by atoms with Gasteiger partial charge in [-0.25, -0.2) is 0 Å². The minimum atomic E-state index is 0.121. The van der Waals surface area contributed by atoms with Gasteiger partial charge in [-0.05, 0) is 31.4 Å². The number of aromatic nitrogens is 3. The van der Waals surface area contributed by atoms with Crippen molar-refractivity contribution in [1.82, 2.24) is 15.1 Å². The molecular weight excluding hydrogens is 252 g/mol. The van der Waals surface area contributed by atoms with E-state index in [0.29, 0.717) is 11.7 Å². The van der Waals surface area contributed by atoms with Gasteiger partial charge in [0.05, 0.1) is 5.92 Å². The van der Waals surface area contributed by atoms with Crippen molar-refractivity contribution in [2.45, 2.75) is 51.0 Å². The summed E-state index contributed by atoms with van der Waals surface area (Å²) in [5.74, 6) is 1.41. The lowest BCUT2D eigenvalue weighted by atomic mass is 9.95. The lowest BCUT2D eigenvalue weighted by molar-refractivity contribution is 0.326. The van der Waals surface area contributed by atoms with Gasteiger partial charge < -0.3 is 10.3 Å². The summed E-state index contributed by atoms with van der Waals surface area (Å²) in [6.45, 7) is 2.00. The van der Waals surface area contributed by atoms with Gasteiger partial charge in [0.2, 0.25) is 11.7 Å². The number of nitrogens with two attached hydrogens (primary N) is 1. The largest absolute Gasteiger partial charge is 0.339 e. The van der Waals surface area contributed by atoms with E-state index in [4.69, 9.17) is 10.3 Å². The van der Waals surface area contributed by atoms with Crippen molar-refractivity contribution < 1.29 is 4.52 Å². The molecule has 1 aliphatic rings. The van der Waals surface area contributed by atoms with E-state index in [9.17, 15) is 0 Å². The zero-order chi connectivity index (χ0) is 13.9. The highest BCUT2D eigenvalue weighted by molar-refractivity contribution is 5.53. The highest BCUT2D eigenvalue weighted by Crippen LogP contribution is 2.31. The maximum absolute atomic E-state index is 6.25. The first-order valence-electron chi connectivity index (χ1n) is 7.27. The SMILES string of the molecule is Cc1cccnc1-c1noc(C2CCCCCC2N)n1. The average Bonchev–Trinajstić information content (AvgIpc) is 2.82. The average molecular weight is 272 g/mol. The molecule has 2 aromatic heterocycles. The van der Waals surface area contributed by atoms with Crippen molar-refractivity contribution in [3.63, 3.8) is 0 Å². The van der Waals surface area contributed by atoms with Gasteiger partial charge in [-0.2, -0.15) is 4.98 Å². The molecule has 1 fully saturated rings. The number of rotatable bonds is 2. The van der Waals surface area contributed by atoms with Crippen LogP contribution in [0.25, 0.3) is 11.5 Å². The summed E-state index contributed by atoms with van der Waals surface area (Å²) in [6.07, 6.45) is 7.42. The lowest BCUT2D eigenvalue weighted by Gasteiger charge is -2.16. The Kier molecular flexibility index (Phi) is 3.78. The molecule has 2 N–H and O–H groups in total. The Morgan fingerprint density at radius 3 is 2.95 bits per heavy atom. The quantitative estimate of drug-likeness (QED) is 0.850. The van der Waals surface area contributed by atoms with Crippen LogP contribution < -0.4 is 5.73 Å². The van der Waals surface area contributed by atoms with E-state index in [0.717, 1.165) is 24.1 Å². The van der Waals surface area contributed by atoms with Crippen LogP contribution in [0.5, 0.6) is 0 Å². The van der Waals surface area contributed by atoms with E-state index in [2.05, 4.69) is 15.1 Å². The van der Waals surface area contributed by atoms with E-state index in [1.54, 1.807) is 6.20 Å². The smallest absolute Gasteiger partial charge is 0.231 e. The van der Waals surface area contributed by atoms with Crippen LogP contribution in [0.15, 0.2) is 22.9 Å². The van der Waals surface area contributed by atoms with Gasteiger partial charge in [0.1, 0.15) is 5.69 Å². The highest BCUT2D eigenvalue weighted by atomic mass is 16.5. The molecule has 0 spiro atoms. The third-order valence-electron chi connectivity index (χ3n) is 4.05. The Morgan fingerprint density at radius 2 is 2.10 bits per heavy atom. The molecule has 0 radical (unpaired) electrons. The maximum atomic E-state index is 6.25. The fourth-order valence-electron chi connectivity index (χ4n) is 2.84. The molecule has 2 aromatic rings. The van der Waals surface area contributed by atoms with Gasteiger partial charge in [0, 0.05) is 12.2 Å². The van der Waals surface area contributed by atoms with Crippen LogP contribution in [0.3, 0.4) is 0 Å². The molecule has 5 heteroatoms. The van der Waals surface area contributed by atoms with Crippen molar-refractivity contribution in [3.8, 4) is 11.5 Å². The minimum absolute atomic E-state index is 0.121. The standard InChI is InChI=1S/C15H20N4O/c1-10-6-5-9-17-13(10)14-18-15(20-19-14)11-7-3-2-4-8-12(11)16/h5-6,9,11-12H,2-4,7-8,16H2,1H3. The lowest BCUT2D eigenvalue weighted by Crippen LogP contribution is -2.27. The topological polar surface area (TPSA) is 77.8 Å². The van der Waals surface area contributed by atoms with Crippen molar-refractivity contribution in [2.24, 2.45) is 5.73 Å². The Hall–Kier alpha value is -1.75. The Labute approximate surface area is 118 Å². The first-order valence-corrected chi connectivity index (χ1v) is 7.27. The van der Waals surface area contributed by atoms with E-state index in [1.165, 1.54) is 19.3 Å². The number of pyridine rings is 1. The maximum Gasteiger partial charge on any atom is 0.231 e. The van der Waals surface area contributed by atoms with Crippen LogP contribution in [-0.4, -0.2) is 21.2 Å². The van der Waals surface area contributed by atoms with Crippen molar-refractivity contribution in [1.29, 1.82) is 0 Å². The number of aryl methyl sites for hydroxylation is 1. The van der Waals surface area contributed by atoms with Crippen LogP contribution in [0.1, 0.15) is 49.5 Å². The molecule has 0 saturated heterocycles. The number of hydrogen-bond acceptors (Lipinski definition) is 5. The second-order valence-electron chi connectivity index (χ2n) is 5.53. The van der Waals surface area contributed by atoms with Crippen molar-refractivity contribution >= 4 is 0 Å². The monoisotopic (exact) mass is 272 g/mol. The van der Waals surface area contributed by atoms with Gasteiger partial charge in [0.15, 0.2) is 0 Å². The van der Waals surface area contributed by atoms with E-state index >= 15 is 0 Å². The molecule has 3 rings (SSSR count). The van der Waals surface area contributed by atoms with E-state index in [-0.39, 0.29) is 12.0 Å². The van der Waals surface area contributed by atoms with E-state index in [1.807, 2.05) is 19.1 Å². The molecule has 5 nitrogen and oxygen atoms in total. The predicted molar refractivity (Wildman–Crippen MR) is 76.1 cm³/mol. The first kappa shape index (κ1) is 13.2. The number of nitrogens with zero attached hydrogens (tertiary/aromatic N) is 3. The fourth-order valence-corrected chi connectivity index (χ4v) is 2.84. The normalized spacial score (nSPS) is 23.5. The molecule has 0 bridgehead atoms. The van der Waals surface area contributed by atoms with Crippen LogP contribution in [0, 0.1) is 6.92 Å². The molecule has 2 atom stereocenters. The molecule has 0 aliphatic heterocycles. The Bertz CT molecular complexity index is 581. The second-order valence-corrected chi connectivity index (χ2v) is 5.53. The first-order chi connectivity index (χ1) is 9.75. The Balaban J connectivity index is 1.88. The summed E-state index contributed by atoms with van der Waals surface area (Å²) >= 11 is 0. The summed E-state index contributed by atoms with van der Waals surface area (Å²) in [4.78, 5) is 8.87. The third kappa shape index (κ3) is 2.58. The van der Waals surface area contributed by atoms with Gasteiger partial charge in [-0.1, -0.05) is 30.5 Å². The van der Waals surface area contributed by atoms with Gasteiger partial charge in [0.25, 0.3) is 0 Å². The van der Waals surface area contributed by atoms with Gasteiger partial charge in [-0.3, -0.25) is 4.98 Å². The summed E-state index contributed by atoms with van der Waals surface area (Å²) in [5.41, 5.74) is 8.07. The van der Waals surface area contributed by atoms with Gasteiger partial charge in [-0.15, -0.1) is 0 Å². The molecule has 0 aromatic carbocycles. The van der Waals surface area contributed by atoms with Crippen LogP contribution in [0.4, 0.5) is 0 Å². The van der Waals surface area contributed by atoms with Crippen LogP contribution >= 0.6 is 0 Å². The molecule has 2 heterocycles. The molecule has 1 saturated carbocycles. The molecule has 2 unspecified atom stereocenters. The van der Waals surface area contributed by atoms with E-state index < -0.39 is 0 Å². The summed E-state index contributed by atoms with van der Waals surface area (Å²) in [5, 5.41) is 4.08. The summed E-state index contributed by atoms with van der Waals surface area (Å²) < 4.78 is 5.46. The third-order valence-corrected chi connectivity index (χ3v) is 4.05. The van der Waals surface area contributed by atoms with Crippen molar-refractivity contribution in [2.75, 3.05) is 0 Å². The molecular formula is C15H20N4O. The zero-order valence-electron chi connectivity index (χ0n) is 11.7. The van der Waals surface area contributed by atoms with Crippen LogP contribution in [-0.2, 0) is 0 Å². The van der Waals surface area contributed by atoms with Gasteiger partial charge >= 0.3 is 0 Å². The highest BCUT2D eigenvalue weighted by Gasteiger charge is 2.27. The molecule has 0 amide bonds. The number of hydrogen-bond donors (Lipinski definition) is 1. The molecule has 1 aliphatic carbocycles. The molecule has 20 heavy (non-hydrogen) atoms. The minimum Gasteiger partial charge on any atom is -0.339 e.